The van der Waals surface area contributed by atoms with Crippen LogP contribution in [-0.4, -0.2) is 66.4 Å². The topological polar surface area (TPSA) is 26.8 Å². The lowest BCUT2D eigenvalue weighted by atomic mass is 9.94. The Hall–Kier alpha value is -1.69. The van der Waals surface area contributed by atoms with Crippen molar-refractivity contribution in [2.24, 2.45) is 0 Å². The number of hydrogen-bond donors (Lipinski definition) is 0. The third-order valence-electron chi connectivity index (χ3n) is 5.06. The van der Waals surface area contributed by atoms with Crippen molar-refractivity contribution in [3.8, 4) is 0 Å². The molecule has 0 bridgehead atoms. The van der Waals surface area contributed by atoms with Crippen molar-refractivity contribution >= 4 is 6.03 Å². The summed E-state index contributed by atoms with van der Waals surface area (Å²) in [5.74, 6) is -2.86. The number of amides is 2. The molecule has 2 aliphatic heterocycles. The van der Waals surface area contributed by atoms with Crippen LogP contribution in [0, 0.1) is 0 Å². The number of nitrogens with zero attached hydrogens (tertiary/aromatic N) is 3. The summed E-state index contributed by atoms with van der Waals surface area (Å²) in [6, 6.07) is 6.55. The van der Waals surface area contributed by atoms with Gasteiger partial charge in [-0.3, -0.25) is 4.90 Å². The molecule has 0 aliphatic carbocycles. The molecule has 0 radical (unpaired) electrons. The fraction of sp³-hybridized carbons (Fsp3) is 0.588. The minimum atomic E-state index is -2.86. The van der Waals surface area contributed by atoms with Crippen molar-refractivity contribution in [3.63, 3.8) is 0 Å². The van der Waals surface area contributed by atoms with Gasteiger partial charge >= 0.3 is 6.03 Å². The number of alkyl halides is 2. The van der Waals surface area contributed by atoms with Crippen molar-refractivity contribution in [1.29, 1.82) is 0 Å². The molecular weight excluding hydrogens is 300 g/mol. The highest BCUT2D eigenvalue weighted by Crippen LogP contribution is 2.33. The van der Waals surface area contributed by atoms with Gasteiger partial charge in [0.05, 0.1) is 12.6 Å². The molecule has 2 heterocycles. The number of carbonyl (C=O) groups is 1. The van der Waals surface area contributed by atoms with E-state index >= 15 is 0 Å². The first kappa shape index (κ1) is 16.2. The maximum absolute atomic E-state index is 14.1. The van der Waals surface area contributed by atoms with Crippen molar-refractivity contribution < 1.29 is 13.6 Å². The van der Waals surface area contributed by atoms with E-state index in [1.807, 2.05) is 25.1 Å². The Labute approximate surface area is 135 Å². The van der Waals surface area contributed by atoms with Crippen LogP contribution in [0.5, 0.6) is 0 Å². The molecule has 1 aromatic carbocycles. The first-order valence-corrected chi connectivity index (χ1v) is 7.99. The normalized spacial score (nSPS) is 26.9. The second-order valence-corrected chi connectivity index (χ2v) is 6.69. The molecule has 3 rings (SSSR count). The predicted molar refractivity (Wildman–Crippen MR) is 84.7 cm³/mol. The van der Waals surface area contributed by atoms with E-state index in [0.29, 0.717) is 6.54 Å². The SMILES string of the molecule is C[C@H]1c2ccccc2CCN1C(=O)N(C)[C@@H]1CN(C)CC1(F)F. The Kier molecular flexibility index (Phi) is 4.04. The lowest BCUT2D eigenvalue weighted by molar-refractivity contribution is -0.0377. The van der Waals surface area contributed by atoms with Crippen LogP contribution in [0.4, 0.5) is 13.6 Å². The molecule has 2 amide bonds. The Balaban J connectivity index is 1.79. The van der Waals surface area contributed by atoms with Gasteiger partial charge in [0.1, 0.15) is 6.04 Å². The number of likely N-dealkylation sites (tertiary alicyclic amines) is 1. The molecule has 126 valence electrons. The first-order chi connectivity index (χ1) is 10.8. The molecule has 0 saturated carbocycles. The van der Waals surface area contributed by atoms with Gasteiger partial charge in [-0.05, 0) is 31.5 Å². The first-order valence-electron chi connectivity index (χ1n) is 7.99. The van der Waals surface area contributed by atoms with Crippen molar-refractivity contribution in [2.45, 2.75) is 31.4 Å². The monoisotopic (exact) mass is 323 g/mol. The average molecular weight is 323 g/mol. The third kappa shape index (κ3) is 2.80. The summed E-state index contributed by atoms with van der Waals surface area (Å²) < 4.78 is 28.2. The molecule has 2 atom stereocenters. The zero-order valence-corrected chi connectivity index (χ0v) is 13.8. The van der Waals surface area contributed by atoms with E-state index in [1.165, 1.54) is 17.5 Å². The van der Waals surface area contributed by atoms with E-state index < -0.39 is 12.0 Å². The van der Waals surface area contributed by atoms with Crippen LogP contribution in [0.3, 0.4) is 0 Å². The van der Waals surface area contributed by atoms with Crippen LogP contribution in [0.25, 0.3) is 0 Å². The standard InChI is InChI=1S/C17H23F2N3O/c1-12-14-7-5-4-6-13(14)8-9-22(12)16(23)21(3)15-10-20(2)11-17(15,18)19/h4-7,12,15H,8-11H2,1-3H3/t12-,15+/m0/s1. The molecule has 0 N–H and O–H groups in total. The van der Waals surface area contributed by atoms with Gasteiger partial charge in [0, 0.05) is 20.1 Å². The maximum atomic E-state index is 14.1. The zero-order chi connectivity index (χ0) is 16.8. The van der Waals surface area contributed by atoms with Gasteiger partial charge in [-0.15, -0.1) is 0 Å². The second kappa shape index (κ2) is 5.74. The largest absolute Gasteiger partial charge is 0.320 e. The van der Waals surface area contributed by atoms with Crippen molar-refractivity contribution in [2.75, 3.05) is 33.7 Å². The molecule has 23 heavy (non-hydrogen) atoms. The highest BCUT2D eigenvalue weighted by atomic mass is 19.3. The Morgan fingerprint density at radius 1 is 1.35 bits per heavy atom. The number of hydrogen-bond acceptors (Lipinski definition) is 2. The van der Waals surface area contributed by atoms with Crippen LogP contribution in [0.15, 0.2) is 24.3 Å². The predicted octanol–water partition coefficient (Wildman–Crippen LogP) is 2.61. The molecule has 1 aromatic rings. The van der Waals surface area contributed by atoms with Gasteiger partial charge in [-0.25, -0.2) is 13.6 Å². The number of rotatable bonds is 1. The van der Waals surface area contributed by atoms with Crippen LogP contribution in [-0.2, 0) is 6.42 Å². The third-order valence-corrected chi connectivity index (χ3v) is 5.06. The number of likely N-dealkylation sites (N-methyl/N-ethyl adjacent to an activating group) is 2. The Morgan fingerprint density at radius 2 is 2.04 bits per heavy atom. The molecule has 0 aromatic heterocycles. The van der Waals surface area contributed by atoms with Crippen LogP contribution in [0.2, 0.25) is 0 Å². The van der Waals surface area contributed by atoms with Crippen LogP contribution < -0.4 is 0 Å². The fourth-order valence-corrected chi connectivity index (χ4v) is 3.73. The van der Waals surface area contributed by atoms with Gasteiger partial charge in [0.2, 0.25) is 0 Å². The van der Waals surface area contributed by atoms with Gasteiger partial charge < -0.3 is 9.80 Å². The lowest BCUT2D eigenvalue weighted by Gasteiger charge is -2.39. The van der Waals surface area contributed by atoms with Gasteiger partial charge in [0.15, 0.2) is 0 Å². The van der Waals surface area contributed by atoms with E-state index in [9.17, 15) is 13.6 Å². The number of halogens is 2. The summed E-state index contributed by atoms with van der Waals surface area (Å²) >= 11 is 0. The summed E-state index contributed by atoms with van der Waals surface area (Å²) in [4.78, 5) is 17.3. The minimum Gasteiger partial charge on any atom is -0.318 e. The molecule has 4 nitrogen and oxygen atoms in total. The summed E-state index contributed by atoms with van der Waals surface area (Å²) in [7, 11) is 3.15. The number of benzene rings is 1. The lowest BCUT2D eigenvalue weighted by Crippen LogP contribution is -2.54. The number of carbonyl (C=O) groups excluding carboxylic acids is 1. The molecule has 0 spiro atoms. The average Bonchev–Trinajstić information content (AvgIpc) is 2.79. The highest BCUT2D eigenvalue weighted by Gasteiger charge is 2.50. The fourth-order valence-electron chi connectivity index (χ4n) is 3.73. The van der Waals surface area contributed by atoms with Crippen molar-refractivity contribution in [3.05, 3.63) is 35.4 Å². The van der Waals surface area contributed by atoms with Crippen LogP contribution in [0.1, 0.15) is 24.1 Å². The molecule has 1 saturated heterocycles. The Bertz CT molecular complexity index is 607. The number of urea groups is 1. The summed E-state index contributed by atoms with van der Waals surface area (Å²) in [5.41, 5.74) is 2.34. The summed E-state index contributed by atoms with van der Waals surface area (Å²) in [5, 5.41) is 0. The van der Waals surface area contributed by atoms with Crippen LogP contribution >= 0.6 is 0 Å². The minimum absolute atomic E-state index is 0.0948. The van der Waals surface area contributed by atoms with Gasteiger partial charge in [0.25, 0.3) is 5.92 Å². The number of fused-ring (bicyclic) bond motifs is 1. The molecule has 6 heteroatoms. The molecule has 0 unspecified atom stereocenters. The maximum Gasteiger partial charge on any atom is 0.320 e. The van der Waals surface area contributed by atoms with Gasteiger partial charge in [-0.2, -0.15) is 0 Å². The van der Waals surface area contributed by atoms with E-state index in [1.54, 1.807) is 16.8 Å². The quantitative estimate of drug-likeness (QED) is 0.794. The second-order valence-electron chi connectivity index (χ2n) is 6.69. The van der Waals surface area contributed by atoms with Crippen molar-refractivity contribution in [1.82, 2.24) is 14.7 Å². The smallest absolute Gasteiger partial charge is 0.318 e. The van der Waals surface area contributed by atoms with E-state index in [-0.39, 0.29) is 25.2 Å². The molecule has 2 aliphatic rings. The van der Waals surface area contributed by atoms with E-state index in [0.717, 1.165) is 12.0 Å². The summed E-state index contributed by atoms with van der Waals surface area (Å²) in [6.07, 6.45) is 0.765. The zero-order valence-electron chi connectivity index (χ0n) is 13.8. The van der Waals surface area contributed by atoms with E-state index in [2.05, 4.69) is 6.07 Å². The Morgan fingerprint density at radius 3 is 2.70 bits per heavy atom. The van der Waals surface area contributed by atoms with E-state index in [4.69, 9.17) is 0 Å². The highest BCUT2D eigenvalue weighted by molar-refractivity contribution is 5.76. The molecule has 1 fully saturated rings. The molecular formula is C17H23F2N3O. The summed E-state index contributed by atoms with van der Waals surface area (Å²) in [6.45, 7) is 2.43. The van der Waals surface area contributed by atoms with Gasteiger partial charge in [-0.1, -0.05) is 24.3 Å².